The maximum atomic E-state index is 14.1. The molecular weight excluding hydrogens is 569 g/mol. The Balaban J connectivity index is 2.06. The van der Waals surface area contributed by atoms with E-state index in [-0.39, 0.29) is 39.1 Å². The molecule has 0 bridgehead atoms. The summed E-state index contributed by atoms with van der Waals surface area (Å²) < 4.78 is 28.7. The van der Waals surface area contributed by atoms with Crippen molar-refractivity contribution >= 4 is 50.7 Å². The molecule has 0 saturated carbocycles. The van der Waals surface area contributed by atoms with Gasteiger partial charge < -0.3 is 10.2 Å². The van der Waals surface area contributed by atoms with Gasteiger partial charge in [-0.1, -0.05) is 85.1 Å². The number of carbonyl (C=O) groups is 2. The fraction of sp³-hybridized carbons (Fsp3) is 0.333. The highest BCUT2D eigenvalue weighted by Crippen LogP contribution is 2.31. The summed E-state index contributed by atoms with van der Waals surface area (Å²) in [5, 5.41) is 3.37. The van der Waals surface area contributed by atoms with Crippen molar-refractivity contribution in [3.8, 4) is 0 Å². The van der Waals surface area contributed by atoms with E-state index in [1.165, 1.54) is 35.2 Å². The van der Waals surface area contributed by atoms with Crippen molar-refractivity contribution in [3.05, 3.63) is 94.0 Å². The van der Waals surface area contributed by atoms with Gasteiger partial charge in [0.2, 0.25) is 11.8 Å². The lowest BCUT2D eigenvalue weighted by atomic mass is 10.1. The first-order chi connectivity index (χ1) is 19.0. The highest BCUT2D eigenvalue weighted by Gasteiger charge is 2.34. The zero-order valence-electron chi connectivity index (χ0n) is 23.1. The van der Waals surface area contributed by atoms with Crippen LogP contribution in [-0.4, -0.2) is 43.8 Å². The van der Waals surface area contributed by atoms with Crippen molar-refractivity contribution in [3.63, 3.8) is 0 Å². The van der Waals surface area contributed by atoms with E-state index in [2.05, 4.69) is 5.32 Å². The lowest BCUT2D eigenvalue weighted by Crippen LogP contribution is -2.53. The summed E-state index contributed by atoms with van der Waals surface area (Å²) in [4.78, 5) is 28.9. The number of nitrogens with one attached hydrogen (secondary N) is 1. The van der Waals surface area contributed by atoms with Crippen LogP contribution in [0.1, 0.15) is 44.7 Å². The Morgan fingerprint density at radius 1 is 0.900 bits per heavy atom. The lowest BCUT2D eigenvalue weighted by Gasteiger charge is -2.33. The highest BCUT2D eigenvalue weighted by atomic mass is 35.5. The van der Waals surface area contributed by atoms with Crippen LogP contribution in [0.4, 0.5) is 5.69 Å². The van der Waals surface area contributed by atoms with Crippen LogP contribution in [0.15, 0.2) is 77.7 Å². The molecule has 3 aromatic rings. The Kier molecular flexibility index (Phi) is 11.0. The number of hydrogen-bond acceptors (Lipinski definition) is 4. The topological polar surface area (TPSA) is 86.8 Å². The van der Waals surface area contributed by atoms with Crippen molar-refractivity contribution in [1.82, 2.24) is 10.2 Å². The zero-order chi connectivity index (χ0) is 29.4. The number of aryl methyl sites for hydroxylation is 1. The molecule has 3 aromatic carbocycles. The van der Waals surface area contributed by atoms with Gasteiger partial charge in [-0.2, -0.15) is 0 Å². The summed E-state index contributed by atoms with van der Waals surface area (Å²) in [6.45, 7) is 7.23. The quantitative estimate of drug-likeness (QED) is 0.266. The number of amides is 2. The summed E-state index contributed by atoms with van der Waals surface area (Å²) in [5.41, 5.74) is 2.06. The van der Waals surface area contributed by atoms with Crippen LogP contribution in [0.5, 0.6) is 0 Å². The minimum atomic E-state index is -4.18. The van der Waals surface area contributed by atoms with Crippen molar-refractivity contribution in [2.45, 2.75) is 64.1 Å². The molecule has 0 aliphatic heterocycles. The molecule has 10 heteroatoms. The van der Waals surface area contributed by atoms with E-state index in [1.54, 1.807) is 18.2 Å². The maximum Gasteiger partial charge on any atom is 0.264 e. The number of anilines is 1. The molecule has 1 N–H and O–H groups in total. The van der Waals surface area contributed by atoms with Crippen LogP contribution in [0.25, 0.3) is 0 Å². The molecule has 0 aromatic heterocycles. The largest absolute Gasteiger partial charge is 0.352 e. The summed E-state index contributed by atoms with van der Waals surface area (Å²) in [5.74, 6) is -0.818. The van der Waals surface area contributed by atoms with Crippen LogP contribution in [0.2, 0.25) is 10.0 Å². The van der Waals surface area contributed by atoms with Crippen molar-refractivity contribution in [2.75, 3.05) is 10.8 Å². The molecule has 0 unspecified atom stereocenters. The van der Waals surface area contributed by atoms with Gasteiger partial charge in [0.25, 0.3) is 10.0 Å². The fourth-order valence-electron chi connectivity index (χ4n) is 4.14. The van der Waals surface area contributed by atoms with Gasteiger partial charge in [-0.15, -0.1) is 0 Å². The predicted octanol–water partition coefficient (Wildman–Crippen LogP) is 6.22. The van der Waals surface area contributed by atoms with Crippen LogP contribution in [-0.2, 0) is 26.2 Å². The third-order valence-electron chi connectivity index (χ3n) is 6.66. The minimum absolute atomic E-state index is 0.0144. The third kappa shape index (κ3) is 7.77. The molecule has 0 fully saturated rings. The second-order valence-electron chi connectivity index (χ2n) is 9.67. The molecule has 0 saturated heterocycles. The van der Waals surface area contributed by atoms with Gasteiger partial charge in [0.15, 0.2) is 0 Å². The van der Waals surface area contributed by atoms with E-state index in [0.29, 0.717) is 6.42 Å². The van der Waals surface area contributed by atoms with Crippen molar-refractivity contribution < 1.29 is 18.0 Å². The first kappa shape index (κ1) is 31.5. The van der Waals surface area contributed by atoms with Crippen LogP contribution < -0.4 is 9.62 Å². The molecule has 0 aliphatic carbocycles. The summed E-state index contributed by atoms with van der Waals surface area (Å²) >= 11 is 12.4. The Morgan fingerprint density at radius 3 is 2.12 bits per heavy atom. The smallest absolute Gasteiger partial charge is 0.264 e. The van der Waals surface area contributed by atoms with Gasteiger partial charge in [0.1, 0.15) is 12.6 Å². The molecule has 0 radical (unpaired) electrons. The predicted molar refractivity (Wildman–Crippen MR) is 161 cm³/mol. The highest BCUT2D eigenvalue weighted by molar-refractivity contribution is 7.92. The van der Waals surface area contributed by atoms with Gasteiger partial charge in [-0.05, 0) is 62.6 Å². The molecule has 2 amide bonds. The zero-order valence-corrected chi connectivity index (χ0v) is 25.4. The first-order valence-electron chi connectivity index (χ1n) is 13.2. The Labute approximate surface area is 247 Å². The van der Waals surface area contributed by atoms with E-state index in [1.807, 2.05) is 52.0 Å². The van der Waals surface area contributed by atoms with E-state index < -0.39 is 28.5 Å². The summed E-state index contributed by atoms with van der Waals surface area (Å²) in [7, 11) is -4.18. The molecule has 214 valence electrons. The molecule has 0 heterocycles. The number of hydrogen-bond donors (Lipinski definition) is 1. The summed E-state index contributed by atoms with van der Waals surface area (Å²) in [6, 6.07) is 19.0. The molecule has 40 heavy (non-hydrogen) atoms. The number of halogens is 2. The molecule has 2 atom stereocenters. The van der Waals surface area contributed by atoms with Gasteiger partial charge in [0, 0.05) is 12.6 Å². The average Bonchev–Trinajstić information content (AvgIpc) is 2.94. The molecule has 0 aliphatic rings. The van der Waals surface area contributed by atoms with E-state index in [0.717, 1.165) is 21.9 Å². The number of rotatable bonds is 12. The van der Waals surface area contributed by atoms with Crippen LogP contribution in [0.3, 0.4) is 0 Å². The van der Waals surface area contributed by atoms with Gasteiger partial charge in [0.05, 0.1) is 20.6 Å². The van der Waals surface area contributed by atoms with E-state index in [4.69, 9.17) is 23.2 Å². The molecule has 7 nitrogen and oxygen atoms in total. The van der Waals surface area contributed by atoms with Gasteiger partial charge in [-0.25, -0.2) is 8.42 Å². The average molecular weight is 605 g/mol. The number of carbonyl (C=O) groups excluding carboxylic acids is 2. The Bertz CT molecular complexity index is 1420. The van der Waals surface area contributed by atoms with Crippen molar-refractivity contribution in [2.24, 2.45) is 0 Å². The molecule has 3 rings (SSSR count). The SMILES string of the molecule is CC[C@@H](C)NC(=O)[C@@H](CC)N(Cc1ccc(C)cc1)C(=O)CN(c1ccc(Cl)c(Cl)c1)S(=O)(=O)c1ccccc1. The fourth-order valence-corrected chi connectivity index (χ4v) is 5.86. The monoisotopic (exact) mass is 603 g/mol. The molecular formula is C30H35Cl2N3O4S. The van der Waals surface area contributed by atoms with Gasteiger partial charge in [-0.3, -0.25) is 13.9 Å². The van der Waals surface area contributed by atoms with Gasteiger partial charge >= 0.3 is 0 Å². The van der Waals surface area contributed by atoms with Crippen LogP contribution >= 0.6 is 23.2 Å². The number of sulfonamides is 1. The number of nitrogens with zero attached hydrogens (tertiary/aromatic N) is 2. The first-order valence-corrected chi connectivity index (χ1v) is 15.4. The van der Waals surface area contributed by atoms with Crippen molar-refractivity contribution in [1.29, 1.82) is 0 Å². The minimum Gasteiger partial charge on any atom is -0.352 e. The Morgan fingerprint density at radius 2 is 1.55 bits per heavy atom. The standard InChI is InChI=1S/C30H35Cl2N3O4S/c1-5-22(4)33-30(37)28(6-2)34(19-23-14-12-21(3)13-15-23)29(36)20-35(24-16-17-26(31)27(32)18-24)40(38,39)25-10-8-7-9-11-25/h7-18,22,28H,5-6,19-20H2,1-4H3,(H,33,37)/t22-,28-/m1/s1. The Hall–Kier alpha value is -3.07. The third-order valence-corrected chi connectivity index (χ3v) is 9.19. The maximum absolute atomic E-state index is 14.1. The number of benzene rings is 3. The summed E-state index contributed by atoms with van der Waals surface area (Å²) in [6.07, 6.45) is 1.08. The lowest BCUT2D eigenvalue weighted by molar-refractivity contribution is -0.140. The second-order valence-corrected chi connectivity index (χ2v) is 12.3. The van der Waals surface area contributed by atoms with E-state index >= 15 is 0 Å². The van der Waals surface area contributed by atoms with Crippen LogP contribution in [0, 0.1) is 6.92 Å². The van der Waals surface area contributed by atoms with E-state index in [9.17, 15) is 18.0 Å². The normalized spacial score (nSPS) is 12.8. The molecule has 0 spiro atoms. The second kappa shape index (κ2) is 14.0.